The van der Waals surface area contributed by atoms with Crippen molar-refractivity contribution in [3.8, 4) is 0 Å². The Morgan fingerprint density at radius 1 is 1.33 bits per heavy atom. The van der Waals surface area contributed by atoms with Crippen LogP contribution in [0, 0.1) is 0 Å². The Hall–Kier alpha value is -1.62. The Bertz CT molecular complexity index is 614. The molecular formula is C16H24N4O. The first-order valence-corrected chi connectivity index (χ1v) is 7.87. The molecule has 0 atom stereocenters. The largest absolute Gasteiger partial charge is 0.394 e. The lowest BCUT2D eigenvalue weighted by molar-refractivity contribution is 0.172. The van der Waals surface area contributed by atoms with E-state index >= 15 is 0 Å². The lowest BCUT2D eigenvalue weighted by Crippen LogP contribution is -2.44. The molecular weight excluding hydrogens is 264 g/mol. The summed E-state index contributed by atoms with van der Waals surface area (Å²) in [6.45, 7) is 4.43. The van der Waals surface area contributed by atoms with E-state index in [1.165, 1.54) is 6.42 Å². The third-order valence-corrected chi connectivity index (χ3v) is 4.50. The summed E-state index contributed by atoms with van der Waals surface area (Å²) in [4.78, 5) is 4.48. The second-order valence-electron chi connectivity index (χ2n) is 6.45. The van der Waals surface area contributed by atoms with E-state index in [1.54, 1.807) is 6.20 Å². The van der Waals surface area contributed by atoms with Crippen molar-refractivity contribution in [1.29, 1.82) is 0 Å². The molecule has 1 aliphatic rings. The summed E-state index contributed by atoms with van der Waals surface area (Å²) >= 11 is 0. The standard InChI is InChI=1S/C16H24N4O/c1-12(2)13-10-14-15(17-8-9-20(14)19-13)18-16(11-21)6-4-3-5-7-16/h8-10,12,21H,3-7,11H2,1-2H3,(H,17,18). The minimum absolute atomic E-state index is 0.154. The quantitative estimate of drug-likeness (QED) is 0.908. The van der Waals surface area contributed by atoms with E-state index in [1.807, 2.05) is 10.7 Å². The topological polar surface area (TPSA) is 62.5 Å². The van der Waals surface area contributed by atoms with Crippen LogP contribution in [0.3, 0.4) is 0 Å². The van der Waals surface area contributed by atoms with E-state index in [2.05, 4.69) is 35.3 Å². The van der Waals surface area contributed by atoms with Gasteiger partial charge in [-0.1, -0.05) is 33.1 Å². The number of aliphatic hydroxyl groups excluding tert-OH is 1. The number of nitrogens with one attached hydrogen (secondary N) is 1. The Morgan fingerprint density at radius 2 is 2.10 bits per heavy atom. The SMILES string of the molecule is CC(C)c1cc2c(NC3(CO)CCCCC3)nccn2n1. The number of fused-ring (bicyclic) bond motifs is 1. The smallest absolute Gasteiger partial charge is 0.152 e. The molecule has 0 aliphatic heterocycles. The van der Waals surface area contributed by atoms with Gasteiger partial charge in [-0.2, -0.15) is 5.10 Å². The number of aliphatic hydroxyl groups is 1. The molecule has 0 unspecified atom stereocenters. The summed E-state index contributed by atoms with van der Waals surface area (Å²) in [7, 11) is 0. The van der Waals surface area contributed by atoms with E-state index in [0.717, 1.165) is 42.7 Å². The van der Waals surface area contributed by atoms with E-state index in [-0.39, 0.29) is 12.1 Å². The molecule has 0 radical (unpaired) electrons. The molecule has 114 valence electrons. The fourth-order valence-electron chi connectivity index (χ4n) is 3.12. The van der Waals surface area contributed by atoms with Crippen LogP contribution in [-0.4, -0.2) is 31.9 Å². The predicted molar refractivity (Wildman–Crippen MR) is 83.6 cm³/mol. The average Bonchev–Trinajstić information content (AvgIpc) is 2.94. The lowest BCUT2D eigenvalue weighted by Gasteiger charge is -2.37. The fraction of sp³-hybridized carbons (Fsp3) is 0.625. The van der Waals surface area contributed by atoms with Gasteiger partial charge in [-0.15, -0.1) is 0 Å². The van der Waals surface area contributed by atoms with Gasteiger partial charge >= 0.3 is 0 Å². The molecule has 5 heteroatoms. The van der Waals surface area contributed by atoms with Gasteiger partial charge in [-0.3, -0.25) is 0 Å². The van der Waals surface area contributed by atoms with E-state index in [9.17, 15) is 5.11 Å². The normalized spacial score (nSPS) is 18.3. The summed E-state index contributed by atoms with van der Waals surface area (Å²) in [5.74, 6) is 1.21. The van der Waals surface area contributed by atoms with Crippen LogP contribution >= 0.6 is 0 Å². The third kappa shape index (κ3) is 2.75. The van der Waals surface area contributed by atoms with Crippen molar-refractivity contribution in [3.05, 3.63) is 24.2 Å². The maximum absolute atomic E-state index is 9.86. The van der Waals surface area contributed by atoms with E-state index in [4.69, 9.17) is 0 Å². The molecule has 1 fully saturated rings. The monoisotopic (exact) mass is 288 g/mol. The molecule has 5 nitrogen and oxygen atoms in total. The van der Waals surface area contributed by atoms with Gasteiger partial charge in [0.05, 0.1) is 17.8 Å². The Kier molecular flexibility index (Phi) is 3.85. The van der Waals surface area contributed by atoms with Crippen LogP contribution < -0.4 is 5.32 Å². The van der Waals surface area contributed by atoms with Crippen molar-refractivity contribution in [2.75, 3.05) is 11.9 Å². The van der Waals surface area contributed by atoms with E-state index in [0.29, 0.717) is 5.92 Å². The van der Waals surface area contributed by atoms with Gasteiger partial charge in [0.2, 0.25) is 0 Å². The van der Waals surface area contributed by atoms with Crippen LogP contribution in [0.2, 0.25) is 0 Å². The van der Waals surface area contributed by atoms with Gasteiger partial charge in [-0.25, -0.2) is 9.50 Å². The number of hydrogen-bond acceptors (Lipinski definition) is 4. The molecule has 0 bridgehead atoms. The maximum atomic E-state index is 9.86. The van der Waals surface area contributed by atoms with Gasteiger partial charge in [-0.05, 0) is 24.8 Å². The summed E-state index contributed by atoms with van der Waals surface area (Å²) in [6.07, 6.45) is 9.21. The average molecular weight is 288 g/mol. The second-order valence-corrected chi connectivity index (χ2v) is 6.45. The molecule has 0 saturated heterocycles. The number of rotatable bonds is 4. The first-order valence-electron chi connectivity index (χ1n) is 7.87. The summed E-state index contributed by atoms with van der Waals surface area (Å²) in [5, 5.41) is 18.0. The van der Waals surface area contributed by atoms with Gasteiger partial charge < -0.3 is 10.4 Å². The Labute approximate surface area is 125 Å². The molecule has 1 saturated carbocycles. The number of hydrogen-bond donors (Lipinski definition) is 2. The Morgan fingerprint density at radius 3 is 2.76 bits per heavy atom. The molecule has 0 amide bonds. The zero-order chi connectivity index (χ0) is 14.9. The van der Waals surface area contributed by atoms with Gasteiger partial charge in [0.15, 0.2) is 5.82 Å². The fourth-order valence-corrected chi connectivity index (χ4v) is 3.12. The first-order chi connectivity index (χ1) is 10.1. The third-order valence-electron chi connectivity index (χ3n) is 4.50. The first kappa shape index (κ1) is 14.3. The highest BCUT2D eigenvalue weighted by Crippen LogP contribution is 2.32. The molecule has 2 aromatic rings. The van der Waals surface area contributed by atoms with Crippen molar-refractivity contribution in [2.45, 2.75) is 57.4 Å². The van der Waals surface area contributed by atoms with Crippen LogP contribution in [0.4, 0.5) is 5.82 Å². The van der Waals surface area contributed by atoms with Crippen LogP contribution in [0.25, 0.3) is 5.52 Å². The van der Waals surface area contributed by atoms with Crippen LogP contribution in [0.5, 0.6) is 0 Å². The second kappa shape index (κ2) is 5.64. The lowest BCUT2D eigenvalue weighted by atomic mass is 9.82. The van der Waals surface area contributed by atoms with Crippen molar-refractivity contribution in [3.63, 3.8) is 0 Å². The number of anilines is 1. The van der Waals surface area contributed by atoms with Crippen LogP contribution in [0.1, 0.15) is 57.6 Å². The van der Waals surface area contributed by atoms with Crippen molar-refractivity contribution >= 4 is 11.3 Å². The minimum atomic E-state index is -0.227. The summed E-state index contributed by atoms with van der Waals surface area (Å²) < 4.78 is 1.87. The van der Waals surface area contributed by atoms with Gasteiger partial charge in [0.1, 0.15) is 5.52 Å². The predicted octanol–water partition coefficient (Wildman–Crippen LogP) is 2.96. The summed E-state index contributed by atoms with van der Waals surface area (Å²) in [6, 6.07) is 2.09. The zero-order valence-corrected chi connectivity index (χ0v) is 12.8. The molecule has 0 spiro atoms. The molecule has 2 aromatic heterocycles. The molecule has 0 aromatic carbocycles. The number of aromatic nitrogens is 3. The highest BCUT2D eigenvalue weighted by atomic mass is 16.3. The van der Waals surface area contributed by atoms with E-state index < -0.39 is 0 Å². The molecule has 21 heavy (non-hydrogen) atoms. The highest BCUT2D eigenvalue weighted by molar-refractivity contribution is 5.68. The number of nitrogens with zero attached hydrogens (tertiary/aromatic N) is 3. The Balaban J connectivity index is 1.96. The van der Waals surface area contributed by atoms with Gasteiger partial charge in [0, 0.05) is 12.4 Å². The van der Waals surface area contributed by atoms with Crippen LogP contribution in [0.15, 0.2) is 18.5 Å². The van der Waals surface area contributed by atoms with Crippen LogP contribution in [-0.2, 0) is 0 Å². The maximum Gasteiger partial charge on any atom is 0.152 e. The van der Waals surface area contributed by atoms with Crippen molar-refractivity contribution < 1.29 is 5.11 Å². The molecule has 2 heterocycles. The highest BCUT2D eigenvalue weighted by Gasteiger charge is 2.32. The van der Waals surface area contributed by atoms with Crippen molar-refractivity contribution in [2.24, 2.45) is 0 Å². The molecule has 2 N–H and O–H groups in total. The summed E-state index contributed by atoms with van der Waals surface area (Å²) in [5.41, 5.74) is 1.82. The molecule has 3 rings (SSSR count). The zero-order valence-electron chi connectivity index (χ0n) is 12.8. The van der Waals surface area contributed by atoms with Crippen molar-refractivity contribution in [1.82, 2.24) is 14.6 Å². The minimum Gasteiger partial charge on any atom is -0.394 e. The molecule has 1 aliphatic carbocycles. The van der Waals surface area contributed by atoms with Gasteiger partial charge in [0.25, 0.3) is 0 Å².